The van der Waals surface area contributed by atoms with Gasteiger partial charge < -0.3 is 5.32 Å². The van der Waals surface area contributed by atoms with Crippen molar-refractivity contribution in [2.75, 3.05) is 25.0 Å². The minimum Gasteiger partial charge on any atom is -0.381 e. The van der Waals surface area contributed by atoms with Crippen LogP contribution in [0.15, 0.2) is 34.3 Å². The predicted molar refractivity (Wildman–Crippen MR) is 91.7 cm³/mol. The van der Waals surface area contributed by atoms with Crippen molar-refractivity contribution in [1.29, 1.82) is 0 Å². The summed E-state index contributed by atoms with van der Waals surface area (Å²) in [6, 6.07) is 6.53. The van der Waals surface area contributed by atoms with E-state index in [1.54, 1.807) is 0 Å². The lowest BCUT2D eigenvalue weighted by atomic mass is 10.0. The maximum Gasteiger partial charge on any atom is 0.0648 e. The summed E-state index contributed by atoms with van der Waals surface area (Å²) in [5.41, 5.74) is 2.43. The smallest absolute Gasteiger partial charge is 0.0648 e. The van der Waals surface area contributed by atoms with Gasteiger partial charge in [-0.1, -0.05) is 39.2 Å². The Bertz CT molecular complexity index is 475. The molecule has 0 aliphatic carbocycles. The monoisotopic (exact) mass is 356 g/mol. The van der Waals surface area contributed by atoms with Gasteiger partial charge in [-0.2, -0.15) is 0 Å². The van der Waals surface area contributed by atoms with E-state index in [0.29, 0.717) is 6.04 Å². The average Bonchev–Trinajstić information content (AvgIpc) is 2.41. The molecule has 0 atom stereocenters. The minimum atomic E-state index is 0.525. The van der Waals surface area contributed by atoms with Crippen molar-refractivity contribution in [1.82, 2.24) is 4.90 Å². The number of nitrogens with one attached hydrogen (secondary N) is 1. The van der Waals surface area contributed by atoms with Crippen molar-refractivity contribution in [2.24, 2.45) is 0 Å². The van der Waals surface area contributed by atoms with E-state index in [9.17, 15) is 0 Å². The van der Waals surface area contributed by atoms with Crippen molar-refractivity contribution in [2.45, 2.75) is 32.7 Å². The summed E-state index contributed by atoms with van der Waals surface area (Å²) in [4.78, 5) is 2.51. The molecule has 20 heavy (non-hydrogen) atoms. The molecule has 1 aromatic rings. The van der Waals surface area contributed by atoms with Crippen molar-refractivity contribution >= 4 is 33.2 Å². The number of nitrogens with zero attached hydrogens (tertiary/aromatic N) is 1. The molecule has 1 aliphatic rings. The van der Waals surface area contributed by atoms with Gasteiger partial charge in [-0.15, -0.1) is 0 Å². The highest BCUT2D eigenvalue weighted by molar-refractivity contribution is 9.10. The fourth-order valence-electron chi connectivity index (χ4n) is 2.40. The van der Waals surface area contributed by atoms with Crippen molar-refractivity contribution in [3.05, 3.63) is 39.3 Å². The number of allylic oxidation sites excluding steroid dienone is 1. The number of halogens is 2. The molecule has 0 bridgehead atoms. The number of piperidine rings is 1. The maximum absolute atomic E-state index is 6.25. The Morgan fingerprint density at radius 2 is 2.10 bits per heavy atom. The van der Waals surface area contributed by atoms with Gasteiger partial charge in [0.1, 0.15) is 0 Å². The van der Waals surface area contributed by atoms with E-state index in [0.717, 1.165) is 34.8 Å². The van der Waals surface area contributed by atoms with Crippen LogP contribution in [0, 0.1) is 0 Å². The van der Waals surface area contributed by atoms with Gasteiger partial charge in [-0.3, -0.25) is 4.90 Å². The third kappa shape index (κ3) is 4.80. The van der Waals surface area contributed by atoms with Crippen LogP contribution < -0.4 is 5.32 Å². The van der Waals surface area contributed by atoms with Crippen LogP contribution in [0.4, 0.5) is 5.69 Å². The molecular formula is C16H22BrClN2. The lowest BCUT2D eigenvalue weighted by Crippen LogP contribution is -2.39. The summed E-state index contributed by atoms with van der Waals surface area (Å²) in [5, 5.41) is 4.35. The molecule has 1 heterocycles. The molecule has 1 N–H and O–H groups in total. The van der Waals surface area contributed by atoms with E-state index in [4.69, 9.17) is 11.6 Å². The van der Waals surface area contributed by atoms with Crippen LogP contribution in [0.2, 0.25) is 5.02 Å². The second-order valence-electron chi connectivity index (χ2n) is 5.62. The number of rotatable bonds is 4. The van der Waals surface area contributed by atoms with Gasteiger partial charge in [-0.05, 0) is 44.9 Å². The molecule has 0 radical (unpaired) electrons. The van der Waals surface area contributed by atoms with Crippen LogP contribution in [-0.2, 0) is 0 Å². The first-order chi connectivity index (χ1) is 9.54. The minimum absolute atomic E-state index is 0.525. The summed E-state index contributed by atoms with van der Waals surface area (Å²) >= 11 is 9.69. The van der Waals surface area contributed by atoms with Crippen LogP contribution in [0.1, 0.15) is 26.7 Å². The SMILES string of the molecule is CC(C)=CCN1CCC(Nc2ccc(Br)cc2Cl)CC1. The molecular weight excluding hydrogens is 336 g/mol. The zero-order valence-corrected chi connectivity index (χ0v) is 14.5. The van der Waals surface area contributed by atoms with E-state index in [1.807, 2.05) is 18.2 Å². The van der Waals surface area contributed by atoms with Gasteiger partial charge in [0.05, 0.1) is 10.7 Å². The molecule has 0 spiro atoms. The molecule has 0 aromatic heterocycles. The summed E-state index contributed by atoms with van der Waals surface area (Å²) in [6.07, 6.45) is 4.64. The van der Waals surface area contributed by atoms with E-state index < -0.39 is 0 Å². The Morgan fingerprint density at radius 3 is 2.70 bits per heavy atom. The summed E-state index contributed by atoms with van der Waals surface area (Å²) < 4.78 is 1.02. The van der Waals surface area contributed by atoms with E-state index >= 15 is 0 Å². The largest absolute Gasteiger partial charge is 0.381 e. The standard InChI is InChI=1S/C16H22BrClN2/c1-12(2)5-8-20-9-6-14(7-10-20)19-16-4-3-13(17)11-15(16)18/h3-5,11,14,19H,6-10H2,1-2H3. The quantitative estimate of drug-likeness (QED) is 0.767. The normalized spacial score (nSPS) is 17.0. The number of likely N-dealkylation sites (tertiary alicyclic amines) is 1. The third-order valence-corrected chi connectivity index (χ3v) is 4.44. The van der Waals surface area contributed by atoms with E-state index in [1.165, 1.54) is 18.4 Å². The Hall–Kier alpha value is -0.510. The Labute approximate surface area is 135 Å². The van der Waals surface area contributed by atoms with Gasteiger partial charge in [-0.25, -0.2) is 0 Å². The first-order valence-corrected chi connectivity index (χ1v) is 8.29. The molecule has 0 amide bonds. The highest BCUT2D eigenvalue weighted by Gasteiger charge is 2.18. The second-order valence-corrected chi connectivity index (χ2v) is 6.95. The first-order valence-electron chi connectivity index (χ1n) is 7.12. The highest BCUT2D eigenvalue weighted by Crippen LogP contribution is 2.27. The van der Waals surface area contributed by atoms with Crippen LogP contribution in [0.25, 0.3) is 0 Å². The molecule has 1 aliphatic heterocycles. The fourth-order valence-corrected chi connectivity index (χ4v) is 3.13. The van der Waals surface area contributed by atoms with Crippen LogP contribution >= 0.6 is 27.5 Å². The number of benzene rings is 1. The van der Waals surface area contributed by atoms with Crippen molar-refractivity contribution in [3.8, 4) is 0 Å². The molecule has 1 fully saturated rings. The van der Waals surface area contributed by atoms with Crippen LogP contribution in [0.3, 0.4) is 0 Å². The fraction of sp³-hybridized carbons (Fsp3) is 0.500. The summed E-state index contributed by atoms with van der Waals surface area (Å²) in [6.45, 7) is 7.69. The van der Waals surface area contributed by atoms with Gasteiger partial charge in [0.15, 0.2) is 0 Å². The Morgan fingerprint density at radius 1 is 1.40 bits per heavy atom. The molecule has 1 aromatic carbocycles. The number of anilines is 1. The molecule has 0 unspecified atom stereocenters. The lowest BCUT2D eigenvalue weighted by molar-refractivity contribution is 0.240. The first kappa shape index (κ1) is 15.9. The Kier molecular flexibility index (Phi) is 5.94. The molecule has 1 saturated heterocycles. The van der Waals surface area contributed by atoms with Gasteiger partial charge in [0, 0.05) is 30.1 Å². The molecule has 110 valence electrons. The molecule has 4 heteroatoms. The number of hydrogen-bond donors (Lipinski definition) is 1. The zero-order valence-electron chi connectivity index (χ0n) is 12.1. The summed E-state index contributed by atoms with van der Waals surface area (Å²) in [5.74, 6) is 0. The van der Waals surface area contributed by atoms with Gasteiger partial charge >= 0.3 is 0 Å². The highest BCUT2D eigenvalue weighted by atomic mass is 79.9. The van der Waals surface area contributed by atoms with E-state index in [-0.39, 0.29) is 0 Å². The average molecular weight is 358 g/mol. The third-order valence-electron chi connectivity index (χ3n) is 3.64. The maximum atomic E-state index is 6.25. The van der Waals surface area contributed by atoms with Gasteiger partial charge in [0.25, 0.3) is 0 Å². The molecule has 2 nitrogen and oxygen atoms in total. The predicted octanol–water partition coefficient (Wildman–Crippen LogP) is 4.95. The second kappa shape index (κ2) is 7.48. The van der Waals surface area contributed by atoms with Crippen molar-refractivity contribution < 1.29 is 0 Å². The van der Waals surface area contributed by atoms with Crippen LogP contribution in [-0.4, -0.2) is 30.6 Å². The molecule has 0 saturated carbocycles. The van der Waals surface area contributed by atoms with Gasteiger partial charge in [0.2, 0.25) is 0 Å². The van der Waals surface area contributed by atoms with E-state index in [2.05, 4.69) is 46.1 Å². The topological polar surface area (TPSA) is 15.3 Å². The van der Waals surface area contributed by atoms with Crippen molar-refractivity contribution in [3.63, 3.8) is 0 Å². The van der Waals surface area contributed by atoms with Crippen LogP contribution in [0.5, 0.6) is 0 Å². The zero-order chi connectivity index (χ0) is 14.5. The number of hydrogen-bond acceptors (Lipinski definition) is 2. The summed E-state index contributed by atoms with van der Waals surface area (Å²) in [7, 11) is 0. The molecule has 2 rings (SSSR count). The lowest BCUT2D eigenvalue weighted by Gasteiger charge is -2.32. The Balaban J connectivity index is 1.83.